The summed E-state index contributed by atoms with van der Waals surface area (Å²) in [6, 6.07) is 19.4. The molecule has 3 aromatic carbocycles. The van der Waals surface area contributed by atoms with Crippen LogP contribution in [0.15, 0.2) is 66.7 Å². The minimum atomic E-state index is -0.248. The fraction of sp³-hybridized carbons (Fsp3) is 0. The Kier molecular flexibility index (Phi) is 2.84. The second kappa shape index (κ2) is 4.88. The smallest absolute Gasteiger partial charge is 0.262 e. The average molecular weight is 303 g/mol. The molecule has 0 radical (unpaired) electrons. The van der Waals surface area contributed by atoms with E-state index in [0.29, 0.717) is 11.1 Å². The second-order valence-electron chi connectivity index (χ2n) is 5.38. The van der Waals surface area contributed by atoms with E-state index in [1.54, 1.807) is 16.7 Å². The van der Waals surface area contributed by atoms with Crippen molar-refractivity contribution in [3.05, 3.63) is 72.3 Å². The molecule has 0 saturated heterocycles. The van der Waals surface area contributed by atoms with E-state index < -0.39 is 0 Å². The van der Waals surface area contributed by atoms with E-state index in [1.165, 1.54) is 12.1 Å². The van der Waals surface area contributed by atoms with Gasteiger partial charge in [0.25, 0.3) is 5.91 Å². The van der Waals surface area contributed by atoms with Gasteiger partial charge in [0.05, 0.1) is 11.0 Å². The molecule has 0 bridgehead atoms. The van der Waals surface area contributed by atoms with Crippen molar-refractivity contribution in [2.45, 2.75) is 0 Å². The van der Waals surface area contributed by atoms with Crippen molar-refractivity contribution in [1.29, 1.82) is 0 Å². The van der Waals surface area contributed by atoms with Gasteiger partial charge in [-0.05, 0) is 24.3 Å². The highest BCUT2D eigenvalue weighted by Gasteiger charge is 2.18. The number of aromatic hydroxyl groups is 2. The van der Waals surface area contributed by atoms with Crippen LogP contribution in [-0.2, 0) is 0 Å². The third-order valence-corrected chi connectivity index (χ3v) is 3.99. The van der Waals surface area contributed by atoms with Crippen LogP contribution in [0.2, 0.25) is 0 Å². The summed E-state index contributed by atoms with van der Waals surface area (Å²) < 4.78 is 1.57. The fourth-order valence-electron chi connectivity index (χ4n) is 2.92. The first-order valence-corrected chi connectivity index (χ1v) is 7.21. The number of fused-ring (bicyclic) bond motifs is 3. The molecule has 0 unspecified atom stereocenters. The number of aromatic nitrogens is 1. The predicted octanol–water partition coefficient (Wildman–Crippen LogP) is 3.89. The number of hydrogen-bond donors (Lipinski definition) is 2. The summed E-state index contributed by atoms with van der Waals surface area (Å²) in [7, 11) is 0. The van der Waals surface area contributed by atoms with Gasteiger partial charge in [0.15, 0.2) is 11.5 Å². The van der Waals surface area contributed by atoms with Gasteiger partial charge in [-0.15, -0.1) is 0 Å². The SMILES string of the molecule is O=C(c1ccccc1)n1c2ccccc2c2cc(O)c(O)cc21. The van der Waals surface area contributed by atoms with Crippen molar-refractivity contribution in [3.63, 3.8) is 0 Å². The van der Waals surface area contributed by atoms with Gasteiger partial charge in [0.2, 0.25) is 0 Å². The van der Waals surface area contributed by atoms with Gasteiger partial charge in [-0.2, -0.15) is 0 Å². The first-order valence-electron chi connectivity index (χ1n) is 7.21. The molecule has 4 aromatic rings. The Morgan fingerprint density at radius 2 is 1.39 bits per heavy atom. The maximum atomic E-state index is 13.0. The van der Waals surface area contributed by atoms with Gasteiger partial charge in [0, 0.05) is 22.4 Å². The molecule has 4 rings (SSSR count). The minimum Gasteiger partial charge on any atom is -0.504 e. The van der Waals surface area contributed by atoms with Crippen LogP contribution >= 0.6 is 0 Å². The molecule has 0 aliphatic carbocycles. The van der Waals surface area contributed by atoms with Crippen LogP contribution in [0.4, 0.5) is 0 Å². The molecule has 0 saturated carbocycles. The lowest BCUT2D eigenvalue weighted by Gasteiger charge is -2.06. The highest BCUT2D eigenvalue weighted by Crippen LogP contribution is 2.36. The molecule has 0 amide bonds. The van der Waals surface area contributed by atoms with Crippen molar-refractivity contribution in [3.8, 4) is 11.5 Å². The van der Waals surface area contributed by atoms with Gasteiger partial charge >= 0.3 is 0 Å². The van der Waals surface area contributed by atoms with Crippen LogP contribution in [-0.4, -0.2) is 20.7 Å². The average Bonchev–Trinajstić information content (AvgIpc) is 2.89. The van der Waals surface area contributed by atoms with E-state index in [-0.39, 0.29) is 17.4 Å². The lowest BCUT2D eigenvalue weighted by atomic mass is 10.1. The zero-order valence-electron chi connectivity index (χ0n) is 12.1. The normalized spacial score (nSPS) is 11.1. The fourth-order valence-corrected chi connectivity index (χ4v) is 2.92. The number of benzene rings is 3. The number of nitrogens with zero attached hydrogens (tertiary/aromatic N) is 1. The lowest BCUT2D eigenvalue weighted by molar-refractivity contribution is 0.0969. The number of hydrogen-bond acceptors (Lipinski definition) is 3. The van der Waals surface area contributed by atoms with Crippen LogP contribution in [0.25, 0.3) is 21.8 Å². The zero-order valence-corrected chi connectivity index (χ0v) is 12.1. The topological polar surface area (TPSA) is 62.5 Å². The van der Waals surface area contributed by atoms with Gasteiger partial charge < -0.3 is 10.2 Å². The second-order valence-corrected chi connectivity index (χ2v) is 5.38. The molecular weight excluding hydrogens is 290 g/mol. The van der Waals surface area contributed by atoms with Crippen LogP contribution in [0.3, 0.4) is 0 Å². The highest BCUT2D eigenvalue weighted by molar-refractivity contribution is 6.16. The molecule has 112 valence electrons. The zero-order chi connectivity index (χ0) is 16.0. The van der Waals surface area contributed by atoms with Crippen molar-refractivity contribution < 1.29 is 15.0 Å². The molecule has 4 nitrogen and oxygen atoms in total. The number of phenolic OH excluding ortho intramolecular Hbond substituents is 2. The molecule has 0 aliphatic rings. The molecule has 1 heterocycles. The van der Waals surface area contributed by atoms with E-state index in [9.17, 15) is 15.0 Å². The van der Waals surface area contributed by atoms with Gasteiger partial charge in [-0.25, -0.2) is 0 Å². The molecule has 23 heavy (non-hydrogen) atoms. The van der Waals surface area contributed by atoms with Gasteiger partial charge in [-0.3, -0.25) is 9.36 Å². The Hall–Kier alpha value is -3.27. The van der Waals surface area contributed by atoms with Crippen molar-refractivity contribution >= 4 is 27.7 Å². The Bertz CT molecular complexity index is 1050. The molecule has 1 aromatic heterocycles. The number of para-hydroxylation sites is 1. The Morgan fingerprint density at radius 1 is 0.739 bits per heavy atom. The lowest BCUT2D eigenvalue weighted by Crippen LogP contribution is -2.11. The summed E-state index contributed by atoms with van der Waals surface area (Å²) in [5.41, 5.74) is 1.86. The predicted molar refractivity (Wildman–Crippen MR) is 88.9 cm³/mol. The third-order valence-electron chi connectivity index (χ3n) is 3.99. The summed E-state index contributed by atoms with van der Waals surface area (Å²) in [6.07, 6.45) is 0. The standard InChI is InChI=1S/C19H13NO3/c21-17-10-14-13-8-4-5-9-15(13)20(16(14)11-18(17)22)19(23)12-6-2-1-3-7-12/h1-11,21-22H. The van der Waals surface area contributed by atoms with Gasteiger partial charge in [-0.1, -0.05) is 36.4 Å². The van der Waals surface area contributed by atoms with E-state index >= 15 is 0 Å². The molecule has 0 fully saturated rings. The number of carbonyl (C=O) groups excluding carboxylic acids is 1. The molecule has 0 aliphatic heterocycles. The van der Waals surface area contributed by atoms with E-state index in [0.717, 1.165) is 16.3 Å². The molecule has 4 heteroatoms. The first kappa shape index (κ1) is 13.4. The molecule has 0 spiro atoms. The van der Waals surface area contributed by atoms with Crippen LogP contribution in [0.1, 0.15) is 10.4 Å². The molecular formula is C19H13NO3. The number of carbonyl (C=O) groups is 1. The molecule has 2 N–H and O–H groups in total. The van der Waals surface area contributed by atoms with Gasteiger partial charge in [0.1, 0.15) is 0 Å². The maximum absolute atomic E-state index is 13.0. The first-order chi connectivity index (χ1) is 11.2. The third kappa shape index (κ3) is 1.96. The van der Waals surface area contributed by atoms with Crippen LogP contribution < -0.4 is 0 Å². The number of rotatable bonds is 1. The summed E-state index contributed by atoms with van der Waals surface area (Å²) in [6.45, 7) is 0. The summed E-state index contributed by atoms with van der Waals surface area (Å²) in [4.78, 5) is 13.0. The van der Waals surface area contributed by atoms with Crippen LogP contribution in [0, 0.1) is 0 Å². The van der Waals surface area contributed by atoms with Crippen molar-refractivity contribution in [2.24, 2.45) is 0 Å². The van der Waals surface area contributed by atoms with Crippen LogP contribution in [0.5, 0.6) is 11.5 Å². The quantitative estimate of drug-likeness (QED) is 0.524. The Morgan fingerprint density at radius 3 is 2.17 bits per heavy atom. The van der Waals surface area contributed by atoms with Crippen molar-refractivity contribution in [2.75, 3.05) is 0 Å². The summed E-state index contributed by atoms with van der Waals surface area (Å²) >= 11 is 0. The summed E-state index contributed by atoms with van der Waals surface area (Å²) in [5.74, 6) is -0.628. The maximum Gasteiger partial charge on any atom is 0.262 e. The Labute approximate surface area is 131 Å². The monoisotopic (exact) mass is 303 g/mol. The summed E-state index contributed by atoms with van der Waals surface area (Å²) in [5, 5.41) is 21.2. The van der Waals surface area contributed by atoms with E-state index in [2.05, 4.69) is 0 Å². The Balaban J connectivity index is 2.12. The van der Waals surface area contributed by atoms with E-state index in [1.807, 2.05) is 42.5 Å². The van der Waals surface area contributed by atoms with Crippen molar-refractivity contribution in [1.82, 2.24) is 4.57 Å². The van der Waals surface area contributed by atoms with E-state index in [4.69, 9.17) is 0 Å². The number of phenols is 2. The molecule has 0 atom stereocenters. The minimum absolute atomic E-state index is 0.179. The largest absolute Gasteiger partial charge is 0.504 e. The highest BCUT2D eigenvalue weighted by atomic mass is 16.3.